The molecule has 0 atom stereocenters. The van der Waals surface area contributed by atoms with Crippen molar-refractivity contribution in [2.24, 2.45) is 0 Å². The van der Waals surface area contributed by atoms with Gasteiger partial charge in [-0.2, -0.15) is 0 Å². The van der Waals surface area contributed by atoms with Crippen LogP contribution >= 0.6 is 11.6 Å². The van der Waals surface area contributed by atoms with Gasteiger partial charge in [-0.05, 0) is 36.4 Å². The number of rotatable bonds is 8. The van der Waals surface area contributed by atoms with Crippen LogP contribution < -0.4 is 14.8 Å². The fraction of sp³-hybridized carbons (Fsp3) is 0.190. The van der Waals surface area contributed by atoms with Gasteiger partial charge < -0.3 is 14.6 Å². The van der Waals surface area contributed by atoms with E-state index in [1.54, 1.807) is 36.4 Å². The first-order valence-corrected chi connectivity index (χ1v) is 11.1. The maximum Gasteiger partial charge on any atom is 0.255 e. The number of carbonyl (C=O) groups excluding carboxylic acids is 1. The normalized spacial score (nSPS) is 11.3. The molecule has 158 valence electrons. The molecule has 2 aromatic carbocycles. The minimum absolute atomic E-state index is 0.0976. The number of amides is 1. The third kappa shape index (κ3) is 5.21. The van der Waals surface area contributed by atoms with E-state index < -0.39 is 10.0 Å². The Balaban J connectivity index is 1.71. The lowest BCUT2D eigenvalue weighted by Crippen LogP contribution is -2.23. The summed E-state index contributed by atoms with van der Waals surface area (Å²) in [7, 11) is -0.450. The van der Waals surface area contributed by atoms with E-state index in [9.17, 15) is 13.2 Å². The van der Waals surface area contributed by atoms with Gasteiger partial charge in [0.2, 0.25) is 10.0 Å². The fourth-order valence-electron chi connectivity index (χ4n) is 2.90. The third-order valence-electron chi connectivity index (χ3n) is 4.54. The average Bonchev–Trinajstić information content (AvgIpc) is 3.27. The van der Waals surface area contributed by atoms with E-state index in [0.29, 0.717) is 27.6 Å². The molecule has 0 spiro atoms. The van der Waals surface area contributed by atoms with Gasteiger partial charge in [0, 0.05) is 25.0 Å². The van der Waals surface area contributed by atoms with Crippen molar-refractivity contribution < 1.29 is 17.9 Å². The molecule has 3 rings (SSSR count). The fourth-order valence-corrected chi connectivity index (χ4v) is 3.94. The number of hydrogen-bond donors (Lipinski definition) is 2. The summed E-state index contributed by atoms with van der Waals surface area (Å²) in [5.41, 5.74) is 2.54. The Labute approximate surface area is 180 Å². The van der Waals surface area contributed by atoms with Crippen molar-refractivity contribution in [1.82, 2.24) is 14.6 Å². The zero-order valence-corrected chi connectivity index (χ0v) is 18.1. The van der Waals surface area contributed by atoms with Crippen molar-refractivity contribution in [3.8, 4) is 11.4 Å². The molecule has 7 nitrogen and oxygen atoms in total. The lowest BCUT2D eigenvalue weighted by atomic mass is 10.1. The highest BCUT2D eigenvalue weighted by Gasteiger charge is 2.16. The number of halogens is 1. The van der Waals surface area contributed by atoms with Crippen molar-refractivity contribution in [1.29, 1.82) is 0 Å². The Morgan fingerprint density at radius 2 is 1.73 bits per heavy atom. The van der Waals surface area contributed by atoms with Crippen LogP contribution in [0.2, 0.25) is 5.02 Å². The van der Waals surface area contributed by atoms with Gasteiger partial charge in [-0.15, -0.1) is 0 Å². The molecule has 0 unspecified atom stereocenters. The van der Waals surface area contributed by atoms with E-state index in [4.69, 9.17) is 16.3 Å². The molecule has 0 saturated carbocycles. The molecule has 2 N–H and O–H groups in total. The highest BCUT2D eigenvalue weighted by molar-refractivity contribution is 7.88. The lowest BCUT2D eigenvalue weighted by molar-refractivity contribution is 0.0948. The van der Waals surface area contributed by atoms with Gasteiger partial charge in [0.1, 0.15) is 5.75 Å². The van der Waals surface area contributed by atoms with E-state index in [0.717, 1.165) is 5.56 Å². The molecule has 0 aliphatic rings. The SMILES string of the molecule is CNS(=O)(=O)Cc1ccc(CNC(=O)c2cc(Cl)c(-n3cccc3)cc2OC)cc1. The predicted octanol–water partition coefficient (Wildman–Crippen LogP) is 3.12. The average molecular weight is 448 g/mol. The zero-order chi connectivity index (χ0) is 21.7. The summed E-state index contributed by atoms with van der Waals surface area (Å²) in [4.78, 5) is 12.7. The monoisotopic (exact) mass is 447 g/mol. The number of carbonyl (C=O) groups is 1. The summed E-state index contributed by atoms with van der Waals surface area (Å²) < 4.78 is 32.7. The molecule has 0 bridgehead atoms. The molecule has 0 aliphatic heterocycles. The highest BCUT2D eigenvalue weighted by atomic mass is 35.5. The summed E-state index contributed by atoms with van der Waals surface area (Å²) in [6, 6.07) is 14.1. The van der Waals surface area contributed by atoms with Crippen LogP contribution in [0.1, 0.15) is 21.5 Å². The van der Waals surface area contributed by atoms with E-state index >= 15 is 0 Å². The number of aromatic nitrogens is 1. The van der Waals surface area contributed by atoms with E-state index in [2.05, 4.69) is 10.0 Å². The number of sulfonamides is 1. The number of benzene rings is 2. The summed E-state index contributed by atoms with van der Waals surface area (Å²) in [6.45, 7) is 0.276. The first-order valence-electron chi connectivity index (χ1n) is 9.11. The second kappa shape index (κ2) is 9.34. The molecule has 0 fully saturated rings. The molecule has 30 heavy (non-hydrogen) atoms. The Bertz CT molecular complexity index is 1130. The second-order valence-corrected chi connectivity index (χ2v) is 8.89. The van der Waals surface area contributed by atoms with Crippen LogP contribution in [0.3, 0.4) is 0 Å². The van der Waals surface area contributed by atoms with Crippen molar-refractivity contribution in [2.45, 2.75) is 12.3 Å². The summed E-state index contributed by atoms with van der Waals surface area (Å²) in [6.07, 6.45) is 3.71. The number of nitrogens with one attached hydrogen (secondary N) is 2. The standard InChI is InChI=1S/C21H22ClN3O4S/c1-23-30(27,28)14-16-7-5-15(6-8-16)13-24-21(26)17-11-18(22)19(12-20(17)29-2)25-9-3-4-10-25/h3-12,23H,13-14H2,1-2H3,(H,24,26). The quantitative estimate of drug-likeness (QED) is 0.555. The molecular formula is C21H22ClN3O4S. The van der Waals surface area contributed by atoms with Gasteiger partial charge in [-0.25, -0.2) is 13.1 Å². The molecule has 0 radical (unpaired) electrons. The molecule has 3 aromatic rings. The van der Waals surface area contributed by atoms with Crippen LogP contribution in [0, 0.1) is 0 Å². The van der Waals surface area contributed by atoms with E-state index in [-0.39, 0.29) is 18.2 Å². The van der Waals surface area contributed by atoms with E-state index in [1.165, 1.54) is 14.2 Å². The Morgan fingerprint density at radius 3 is 2.33 bits per heavy atom. The number of methoxy groups -OCH3 is 1. The largest absolute Gasteiger partial charge is 0.496 e. The van der Waals surface area contributed by atoms with Gasteiger partial charge in [-0.1, -0.05) is 35.9 Å². The second-order valence-electron chi connectivity index (χ2n) is 6.56. The molecular weight excluding hydrogens is 426 g/mol. The number of ether oxygens (including phenoxy) is 1. The van der Waals surface area contributed by atoms with Gasteiger partial charge >= 0.3 is 0 Å². The summed E-state index contributed by atoms with van der Waals surface area (Å²) in [5, 5.41) is 3.26. The van der Waals surface area contributed by atoms with Crippen LogP contribution in [0.5, 0.6) is 5.75 Å². The Hall–Kier alpha value is -2.81. The first kappa shape index (κ1) is 21.9. The van der Waals surface area contributed by atoms with E-state index in [1.807, 2.05) is 29.1 Å². The molecule has 1 aromatic heterocycles. The topological polar surface area (TPSA) is 89.4 Å². The Morgan fingerprint density at radius 1 is 1.10 bits per heavy atom. The smallest absolute Gasteiger partial charge is 0.255 e. The third-order valence-corrected chi connectivity index (χ3v) is 6.18. The van der Waals surface area contributed by atoms with Crippen molar-refractivity contribution in [3.05, 3.63) is 82.6 Å². The van der Waals surface area contributed by atoms with Gasteiger partial charge in [-0.3, -0.25) is 4.79 Å². The van der Waals surface area contributed by atoms with Crippen LogP contribution in [0.15, 0.2) is 60.9 Å². The highest BCUT2D eigenvalue weighted by Crippen LogP contribution is 2.30. The van der Waals surface area contributed by atoms with Crippen LogP contribution in [0.4, 0.5) is 0 Å². The predicted molar refractivity (Wildman–Crippen MR) is 117 cm³/mol. The molecule has 1 heterocycles. The minimum atomic E-state index is -3.33. The van der Waals surface area contributed by atoms with Crippen molar-refractivity contribution in [3.63, 3.8) is 0 Å². The number of nitrogens with zero attached hydrogens (tertiary/aromatic N) is 1. The lowest BCUT2D eigenvalue weighted by Gasteiger charge is -2.14. The minimum Gasteiger partial charge on any atom is -0.496 e. The van der Waals surface area contributed by atoms with Crippen LogP contribution in [-0.4, -0.2) is 33.0 Å². The molecule has 1 amide bonds. The molecule has 9 heteroatoms. The van der Waals surface area contributed by atoms with Crippen molar-refractivity contribution in [2.75, 3.05) is 14.2 Å². The van der Waals surface area contributed by atoms with Crippen molar-refractivity contribution >= 4 is 27.5 Å². The first-order chi connectivity index (χ1) is 14.3. The Kier molecular flexibility index (Phi) is 6.81. The summed E-state index contributed by atoms with van der Waals surface area (Å²) >= 11 is 6.38. The molecule has 0 saturated heterocycles. The maximum absolute atomic E-state index is 12.7. The maximum atomic E-state index is 12.7. The van der Waals surface area contributed by atoms with Crippen LogP contribution in [0.25, 0.3) is 5.69 Å². The zero-order valence-electron chi connectivity index (χ0n) is 16.6. The van der Waals surface area contributed by atoms with Gasteiger partial charge in [0.15, 0.2) is 0 Å². The summed E-state index contributed by atoms with van der Waals surface area (Å²) in [5.74, 6) is -0.0117. The number of hydrogen-bond acceptors (Lipinski definition) is 4. The van der Waals surface area contributed by atoms with Gasteiger partial charge in [0.05, 0.1) is 29.1 Å². The van der Waals surface area contributed by atoms with Gasteiger partial charge in [0.25, 0.3) is 5.91 Å². The molecule has 0 aliphatic carbocycles. The van der Waals surface area contributed by atoms with Crippen LogP contribution in [-0.2, 0) is 22.3 Å².